The number of nitrogens with one attached hydrogen (secondary N) is 2. The maximum atomic E-state index is 12.2. The normalized spacial score (nSPS) is 10.2. The molecule has 0 aliphatic rings. The second-order valence-corrected chi connectivity index (χ2v) is 5.84. The maximum Gasteiger partial charge on any atom is 0.251 e. The molecule has 0 heterocycles. The average molecular weight is 371 g/mol. The van der Waals surface area contributed by atoms with E-state index in [1.807, 2.05) is 12.1 Å². The van der Waals surface area contributed by atoms with Gasteiger partial charge in [-0.05, 0) is 42.3 Å². The van der Waals surface area contributed by atoms with Crippen molar-refractivity contribution >= 4 is 11.8 Å². The highest BCUT2D eigenvalue weighted by atomic mass is 16.5. The summed E-state index contributed by atoms with van der Waals surface area (Å²) in [6.45, 7) is 1.35. The molecular weight excluding hydrogens is 346 g/mol. The van der Waals surface area contributed by atoms with Gasteiger partial charge in [0.25, 0.3) is 11.8 Å². The fraction of sp³-hybridized carbons (Fsp3) is 0.300. The van der Waals surface area contributed by atoms with Crippen LogP contribution in [0.3, 0.4) is 0 Å². The van der Waals surface area contributed by atoms with Crippen molar-refractivity contribution in [1.29, 1.82) is 0 Å². The Labute approximate surface area is 158 Å². The highest BCUT2D eigenvalue weighted by Gasteiger charge is 2.10. The predicted molar refractivity (Wildman–Crippen MR) is 103 cm³/mol. The van der Waals surface area contributed by atoms with Gasteiger partial charge >= 0.3 is 0 Å². The minimum absolute atomic E-state index is 0.148. The van der Waals surface area contributed by atoms with Crippen LogP contribution >= 0.6 is 0 Å². The molecular formula is C20H25N3O4. The van der Waals surface area contributed by atoms with Crippen molar-refractivity contribution in [3.63, 3.8) is 0 Å². The number of ether oxygens (including phenoxy) is 2. The Morgan fingerprint density at radius 2 is 1.41 bits per heavy atom. The minimum Gasteiger partial charge on any atom is -0.493 e. The zero-order valence-electron chi connectivity index (χ0n) is 15.6. The molecule has 2 rings (SSSR count). The van der Waals surface area contributed by atoms with E-state index in [0.29, 0.717) is 48.7 Å². The lowest BCUT2D eigenvalue weighted by Gasteiger charge is -2.10. The smallest absolute Gasteiger partial charge is 0.251 e. The molecule has 27 heavy (non-hydrogen) atoms. The standard InChI is InChI=1S/C20H25N3O4/c1-26-17-9-8-16(12-18(17)27-2)20(25)23-11-3-10-22-19(24)15-6-4-14(13-21)5-7-15/h4-9,12H,3,10-11,13,21H2,1-2H3,(H,22,24)(H,23,25). The minimum atomic E-state index is -0.209. The van der Waals surface area contributed by atoms with E-state index in [-0.39, 0.29) is 11.8 Å². The molecule has 0 bridgehead atoms. The summed E-state index contributed by atoms with van der Waals surface area (Å²) in [6.07, 6.45) is 0.617. The van der Waals surface area contributed by atoms with Crippen LogP contribution in [0, 0.1) is 0 Å². The average Bonchev–Trinajstić information content (AvgIpc) is 2.72. The van der Waals surface area contributed by atoms with Crippen molar-refractivity contribution in [2.75, 3.05) is 27.3 Å². The largest absolute Gasteiger partial charge is 0.493 e. The number of hydrogen-bond acceptors (Lipinski definition) is 5. The van der Waals surface area contributed by atoms with E-state index in [0.717, 1.165) is 5.56 Å². The molecule has 0 atom stereocenters. The maximum absolute atomic E-state index is 12.2. The summed E-state index contributed by atoms with van der Waals surface area (Å²) in [5.41, 5.74) is 7.58. The van der Waals surface area contributed by atoms with E-state index in [2.05, 4.69) is 10.6 Å². The van der Waals surface area contributed by atoms with Gasteiger partial charge in [-0.2, -0.15) is 0 Å². The summed E-state index contributed by atoms with van der Waals surface area (Å²) in [5.74, 6) is 0.707. The topological polar surface area (TPSA) is 103 Å². The first kappa shape index (κ1) is 20.3. The van der Waals surface area contributed by atoms with Crippen LogP contribution < -0.4 is 25.8 Å². The number of carbonyl (C=O) groups is 2. The molecule has 2 aromatic carbocycles. The number of rotatable bonds is 9. The lowest BCUT2D eigenvalue weighted by molar-refractivity contribution is 0.0951. The molecule has 0 aliphatic heterocycles. The Morgan fingerprint density at radius 1 is 0.852 bits per heavy atom. The lowest BCUT2D eigenvalue weighted by Crippen LogP contribution is -2.29. The molecule has 7 nitrogen and oxygen atoms in total. The van der Waals surface area contributed by atoms with Crippen LogP contribution in [0.5, 0.6) is 11.5 Å². The molecule has 4 N–H and O–H groups in total. The third-order valence-electron chi connectivity index (χ3n) is 4.02. The highest BCUT2D eigenvalue weighted by molar-refractivity contribution is 5.95. The number of carbonyl (C=O) groups excluding carboxylic acids is 2. The molecule has 2 aromatic rings. The second-order valence-electron chi connectivity index (χ2n) is 5.84. The summed E-state index contributed by atoms with van der Waals surface area (Å²) < 4.78 is 10.3. The molecule has 7 heteroatoms. The number of amides is 2. The molecule has 0 saturated heterocycles. The van der Waals surface area contributed by atoms with Gasteiger partial charge in [0.1, 0.15) is 0 Å². The highest BCUT2D eigenvalue weighted by Crippen LogP contribution is 2.27. The van der Waals surface area contributed by atoms with Gasteiger partial charge in [0, 0.05) is 30.8 Å². The molecule has 0 spiro atoms. The zero-order valence-corrected chi connectivity index (χ0v) is 15.6. The summed E-state index contributed by atoms with van der Waals surface area (Å²) in [7, 11) is 3.06. The van der Waals surface area contributed by atoms with Gasteiger partial charge in [0.2, 0.25) is 0 Å². The first-order chi connectivity index (χ1) is 13.1. The van der Waals surface area contributed by atoms with Crippen LogP contribution in [-0.2, 0) is 6.54 Å². The second kappa shape index (κ2) is 10.2. The number of benzene rings is 2. The number of nitrogens with two attached hydrogens (primary N) is 1. The van der Waals surface area contributed by atoms with Crippen molar-refractivity contribution in [2.24, 2.45) is 5.73 Å². The molecule has 0 unspecified atom stereocenters. The fourth-order valence-corrected chi connectivity index (χ4v) is 2.47. The summed E-state index contributed by atoms with van der Waals surface area (Å²) in [5, 5.41) is 5.64. The van der Waals surface area contributed by atoms with E-state index < -0.39 is 0 Å². The van der Waals surface area contributed by atoms with Gasteiger partial charge < -0.3 is 25.8 Å². The van der Waals surface area contributed by atoms with Gasteiger partial charge in [-0.3, -0.25) is 9.59 Å². The van der Waals surface area contributed by atoms with Crippen molar-refractivity contribution in [1.82, 2.24) is 10.6 Å². The lowest BCUT2D eigenvalue weighted by atomic mass is 10.1. The molecule has 144 valence electrons. The van der Waals surface area contributed by atoms with Crippen molar-refractivity contribution in [3.8, 4) is 11.5 Å². The van der Waals surface area contributed by atoms with Gasteiger partial charge in [-0.25, -0.2) is 0 Å². The van der Waals surface area contributed by atoms with Crippen molar-refractivity contribution in [3.05, 3.63) is 59.2 Å². The number of hydrogen-bond donors (Lipinski definition) is 3. The quantitative estimate of drug-likeness (QED) is 0.583. The van der Waals surface area contributed by atoms with E-state index >= 15 is 0 Å². The number of methoxy groups -OCH3 is 2. The van der Waals surface area contributed by atoms with E-state index in [9.17, 15) is 9.59 Å². The third-order valence-corrected chi connectivity index (χ3v) is 4.02. The van der Waals surface area contributed by atoms with Crippen LogP contribution in [0.2, 0.25) is 0 Å². The van der Waals surface area contributed by atoms with Gasteiger partial charge in [-0.1, -0.05) is 12.1 Å². The first-order valence-corrected chi connectivity index (χ1v) is 8.66. The fourth-order valence-electron chi connectivity index (χ4n) is 2.47. The molecule has 0 aliphatic carbocycles. The predicted octanol–water partition coefficient (Wildman–Crippen LogP) is 1.71. The van der Waals surface area contributed by atoms with Crippen LogP contribution in [0.1, 0.15) is 32.7 Å². The zero-order chi connectivity index (χ0) is 19.6. The molecule has 2 amide bonds. The van der Waals surface area contributed by atoms with E-state index in [1.54, 1.807) is 37.4 Å². The third kappa shape index (κ3) is 5.72. The summed E-state index contributed by atoms with van der Waals surface area (Å²) in [6, 6.07) is 12.1. The first-order valence-electron chi connectivity index (χ1n) is 8.66. The Bertz CT molecular complexity index is 775. The van der Waals surface area contributed by atoms with Crippen LogP contribution in [0.25, 0.3) is 0 Å². The van der Waals surface area contributed by atoms with Gasteiger partial charge in [0.15, 0.2) is 11.5 Å². The SMILES string of the molecule is COc1ccc(C(=O)NCCCNC(=O)c2ccc(CN)cc2)cc1OC. The monoisotopic (exact) mass is 371 g/mol. The van der Waals surface area contributed by atoms with Crippen molar-refractivity contribution in [2.45, 2.75) is 13.0 Å². The van der Waals surface area contributed by atoms with Crippen LogP contribution in [0.4, 0.5) is 0 Å². The van der Waals surface area contributed by atoms with Crippen LogP contribution in [0.15, 0.2) is 42.5 Å². The Hall–Kier alpha value is -3.06. The van der Waals surface area contributed by atoms with Gasteiger partial charge in [0.05, 0.1) is 14.2 Å². The summed E-state index contributed by atoms with van der Waals surface area (Å²) in [4.78, 5) is 24.2. The Balaban J connectivity index is 1.74. The molecule has 0 aromatic heterocycles. The summed E-state index contributed by atoms with van der Waals surface area (Å²) >= 11 is 0. The Morgan fingerprint density at radius 3 is 1.96 bits per heavy atom. The molecule has 0 radical (unpaired) electrons. The molecule has 0 saturated carbocycles. The van der Waals surface area contributed by atoms with Crippen molar-refractivity contribution < 1.29 is 19.1 Å². The van der Waals surface area contributed by atoms with Gasteiger partial charge in [-0.15, -0.1) is 0 Å². The molecule has 0 fully saturated rings. The van der Waals surface area contributed by atoms with E-state index in [1.165, 1.54) is 7.11 Å². The van der Waals surface area contributed by atoms with E-state index in [4.69, 9.17) is 15.2 Å². The van der Waals surface area contributed by atoms with Crippen LogP contribution in [-0.4, -0.2) is 39.1 Å². The Kier molecular flexibility index (Phi) is 7.63.